The highest BCUT2D eigenvalue weighted by atomic mass is 19.4. The zero-order valence-corrected chi connectivity index (χ0v) is 10.9. The van der Waals surface area contributed by atoms with Crippen LogP contribution in [-0.2, 0) is 9.53 Å². The molecule has 3 atom stereocenters. The zero-order valence-electron chi connectivity index (χ0n) is 10.9. The lowest BCUT2D eigenvalue weighted by atomic mass is 9.72. The molecule has 0 aliphatic heterocycles. The SMILES string of the molecule is CC(C)(C)OC(=O)C1(C(F)(F)F)CC2CCC1C2. The summed E-state index contributed by atoms with van der Waals surface area (Å²) in [4.78, 5) is 12.1. The van der Waals surface area contributed by atoms with Gasteiger partial charge in [0, 0.05) is 0 Å². The van der Waals surface area contributed by atoms with Crippen LogP contribution in [0.4, 0.5) is 13.2 Å². The van der Waals surface area contributed by atoms with Gasteiger partial charge < -0.3 is 4.74 Å². The molecule has 18 heavy (non-hydrogen) atoms. The molecule has 0 radical (unpaired) electrons. The summed E-state index contributed by atoms with van der Waals surface area (Å²) in [7, 11) is 0. The molecule has 2 aliphatic carbocycles. The fraction of sp³-hybridized carbons (Fsp3) is 0.923. The van der Waals surface area contributed by atoms with Crippen molar-refractivity contribution in [2.45, 2.75) is 58.2 Å². The van der Waals surface area contributed by atoms with E-state index in [9.17, 15) is 18.0 Å². The molecule has 104 valence electrons. The van der Waals surface area contributed by atoms with Gasteiger partial charge in [-0.1, -0.05) is 6.42 Å². The Labute approximate surface area is 105 Å². The minimum absolute atomic E-state index is 0.0316. The third kappa shape index (κ3) is 2.01. The molecule has 0 aromatic heterocycles. The van der Waals surface area contributed by atoms with Gasteiger partial charge in [0.25, 0.3) is 0 Å². The average molecular weight is 264 g/mol. The van der Waals surface area contributed by atoms with Crippen LogP contribution < -0.4 is 0 Å². The number of ether oxygens (including phenoxy) is 1. The molecule has 0 heterocycles. The van der Waals surface area contributed by atoms with E-state index in [1.54, 1.807) is 20.8 Å². The van der Waals surface area contributed by atoms with Crippen LogP contribution in [0.15, 0.2) is 0 Å². The Morgan fingerprint density at radius 1 is 1.22 bits per heavy atom. The van der Waals surface area contributed by atoms with Crippen molar-refractivity contribution in [2.24, 2.45) is 17.3 Å². The van der Waals surface area contributed by atoms with Crippen molar-refractivity contribution in [3.8, 4) is 0 Å². The minimum atomic E-state index is -4.50. The normalized spacial score (nSPS) is 35.9. The predicted octanol–water partition coefficient (Wildman–Crippen LogP) is 3.70. The molecule has 2 rings (SSSR count). The molecule has 0 amide bonds. The van der Waals surface area contributed by atoms with Crippen LogP contribution in [-0.4, -0.2) is 17.7 Å². The largest absolute Gasteiger partial charge is 0.459 e. The number of esters is 1. The third-order valence-electron chi connectivity index (χ3n) is 4.12. The first-order valence-corrected chi connectivity index (χ1v) is 6.36. The summed E-state index contributed by atoms with van der Waals surface area (Å²) in [6, 6.07) is 0. The summed E-state index contributed by atoms with van der Waals surface area (Å²) in [6.45, 7) is 4.80. The fourth-order valence-corrected chi connectivity index (χ4v) is 3.41. The highest BCUT2D eigenvalue weighted by Gasteiger charge is 2.70. The lowest BCUT2D eigenvalue weighted by Gasteiger charge is -2.38. The van der Waals surface area contributed by atoms with Gasteiger partial charge >= 0.3 is 12.1 Å². The van der Waals surface area contributed by atoms with E-state index in [0.717, 1.165) is 6.42 Å². The lowest BCUT2D eigenvalue weighted by Crippen LogP contribution is -2.51. The van der Waals surface area contributed by atoms with E-state index >= 15 is 0 Å². The number of hydrogen-bond donors (Lipinski definition) is 0. The Morgan fingerprint density at radius 3 is 2.17 bits per heavy atom. The van der Waals surface area contributed by atoms with Crippen LogP contribution in [0.25, 0.3) is 0 Å². The van der Waals surface area contributed by atoms with Gasteiger partial charge in [0.05, 0.1) is 0 Å². The first-order chi connectivity index (χ1) is 8.06. The molecule has 0 spiro atoms. The zero-order chi connectivity index (χ0) is 13.8. The molecule has 2 nitrogen and oxygen atoms in total. The third-order valence-corrected chi connectivity index (χ3v) is 4.12. The summed E-state index contributed by atoms with van der Waals surface area (Å²) in [5.74, 6) is -1.63. The Hall–Kier alpha value is -0.740. The van der Waals surface area contributed by atoms with Gasteiger partial charge in [-0.2, -0.15) is 13.2 Å². The molecule has 2 bridgehead atoms. The van der Waals surface area contributed by atoms with Crippen molar-refractivity contribution in [3.05, 3.63) is 0 Å². The van der Waals surface area contributed by atoms with Gasteiger partial charge in [-0.15, -0.1) is 0 Å². The summed E-state index contributed by atoms with van der Waals surface area (Å²) in [6.07, 6.45) is -2.78. The Morgan fingerprint density at radius 2 is 1.83 bits per heavy atom. The van der Waals surface area contributed by atoms with Crippen molar-refractivity contribution >= 4 is 5.97 Å². The van der Waals surface area contributed by atoms with Gasteiger partial charge in [0.2, 0.25) is 0 Å². The maximum atomic E-state index is 13.4. The van der Waals surface area contributed by atoms with Crippen LogP contribution in [0.1, 0.15) is 46.5 Å². The van der Waals surface area contributed by atoms with Crippen LogP contribution in [0, 0.1) is 17.3 Å². The quantitative estimate of drug-likeness (QED) is 0.675. The van der Waals surface area contributed by atoms with Gasteiger partial charge in [-0.05, 0) is 51.9 Å². The summed E-state index contributed by atoms with van der Waals surface area (Å²) in [5, 5.41) is 0. The van der Waals surface area contributed by atoms with Gasteiger partial charge in [-0.25, -0.2) is 0 Å². The summed E-state index contributed by atoms with van der Waals surface area (Å²) >= 11 is 0. The van der Waals surface area contributed by atoms with Crippen LogP contribution in [0.5, 0.6) is 0 Å². The maximum Gasteiger partial charge on any atom is 0.405 e. The van der Waals surface area contributed by atoms with E-state index in [0.29, 0.717) is 12.8 Å². The molecule has 2 saturated carbocycles. The first kappa shape index (κ1) is 13.7. The van der Waals surface area contributed by atoms with Crippen molar-refractivity contribution in [3.63, 3.8) is 0 Å². The molecule has 2 aliphatic rings. The maximum absolute atomic E-state index is 13.4. The predicted molar refractivity (Wildman–Crippen MR) is 59.8 cm³/mol. The van der Waals surface area contributed by atoms with Gasteiger partial charge in [0.15, 0.2) is 5.41 Å². The molecule has 3 unspecified atom stereocenters. The number of hydrogen-bond acceptors (Lipinski definition) is 2. The fourth-order valence-electron chi connectivity index (χ4n) is 3.41. The van der Waals surface area contributed by atoms with E-state index in [-0.39, 0.29) is 12.3 Å². The second kappa shape index (κ2) is 3.87. The topological polar surface area (TPSA) is 26.3 Å². The minimum Gasteiger partial charge on any atom is -0.459 e. The number of carbonyl (C=O) groups excluding carboxylic acids is 1. The molecular formula is C13H19F3O2. The van der Waals surface area contributed by atoms with E-state index in [2.05, 4.69) is 0 Å². The molecule has 0 saturated heterocycles. The van der Waals surface area contributed by atoms with Crippen molar-refractivity contribution in [1.29, 1.82) is 0 Å². The Balaban J connectivity index is 2.30. The van der Waals surface area contributed by atoms with E-state index in [1.165, 1.54) is 0 Å². The highest BCUT2D eigenvalue weighted by Crippen LogP contribution is 2.63. The number of rotatable bonds is 1. The smallest absolute Gasteiger partial charge is 0.405 e. The van der Waals surface area contributed by atoms with E-state index < -0.39 is 29.1 Å². The van der Waals surface area contributed by atoms with Crippen LogP contribution in [0.3, 0.4) is 0 Å². The van der Waals surface area contributed by atoms with E-state index in [1.807, 2.05) is 0 Å². The highest BCUT2D eigenvalue weighted by molar-refractivity contribution is 5.79. The number of fused-ring (bicyclic) bond motifs is 2. The molecule has 2 fully saturated rings. The van der Waals surface area contributed by atoms with Crippen molar-refractivity contribution in [2.75, 3.05) is 0 Å². The summed E-state index contributed by atoms with van der Waals surface area (Å²) < 4.78 is 45.2. The molecule has 5 heteroatoms. The Kier molecular flexibility index (Phi) is 2.95. The van der Waals surface area contributed by atoms with Gasteiger partial charge in [0.1, 0.15) is 5.60 Å². The molecule has 0 N–H and O–H groups in total. The van der Waals surface area contributed by atoms with Crippen LogP contribution in [0.2, 0.25) is 0 Å². The molecule has 0 aromatic carbocycles. The summed E-state index contributed by atoms with van der Waals surface area (Å²) in [5.41, 5.74) is -3.12. The van der Waals surface area contributed by atoms with Crippen molar-refractivity contribution in [1.82, 2.24) is 0 Å². The number of halogens is 3. The van der Waals surface area contributed by atoms with Crippen LogP contribution >= 0.6 is 0 Å². The van der Waals surface area contributed by atoms with Crippen molar-refractivity contribution < 1.29 is 22.7 Å². The second-order valence-corrected chi connectivity index (χ2v) is 6.55. The van der Waals surface area contributed by atoms with E-state index in [4.69, 9.17) is 4.74 Å². The average Bonchev–Trinajstić information content (AvgIpc) is 2.71. The lowest BCUT2D eigenvalue weighted by molar-refractivity contribution is -0.252. The van der Waals surface area contributed by atoms with Gasteiger partial charge in [-0.3, -0.25) is 4.79 Å². The standard InChI is InChI=1S/C13H19F3O2/c1-11(2,3)18-10(17)12(13(14,15)16)7-8-4-5-9(12)6-8/h8-9H,4-7H2,1-3H3. The molecular weight excluding hydrogens is 245 g/mol. The first-order valence-electron chi connectivity index (χ1n) is 6.36. The number of alkyl halides is 3. The molecule has 0 aromatic rings. The monoisotopic (exact) mass is 264 g/mol. The Bertz CT molecular complexity index is 356. The second-order valence-electron chi connectivity index (χ2n) is 6.55. The number of carbonyl (C=O) groups is 1.